The largest absolute Gasteiger partial charge is 0.295 e. The van der Waals surface area contributed by atoms with Crippen molar-refractivity contribution in [3.63, 3.8) is 0 Å². The standard InChI is InChI=1S/C13H11Br.C9H12.C4H6O/c1-10-7-8-13(14)12(9-10)11-5-3-2-4-6-11;1-8(2)9-6-4-3-5-7-9;1-3-4(2)5/h2-9H,1H3;3-8H,1-2H3;3H,1H2,2H3. The summed E-state index contributed by atoms with van der Waals surface area (Å²) in [7, 11) is 0. The van der Waals surface area contributed by atoms with Crippen LogP contribution < -0.4 is 0 Å². The number of carbonyl (C=O) groups excluding carboxylic acids is 1. The number of aryl methyl sites for hydroxylation is 1. The molecule has 0 bridgehead atoms. The van der Waals surface area contributed by atoms with Gasteiger partial charge in [0.05, 0.1) is 0 Å². The molecule has 146 valence electrons. The van der Waals surface area contributed by atoms with Crippen LogP contribution in [0.5, 0.6) is 0 Å². The first kappa shape index (κ1) is 23.6. The Labute approximate surface area is 178 Å². The zero-order valence-electron chi connectivity index (χ0n) is 17.2. The van der Waals surface area contributed by atoms with Gasteiger partial charge in [-0.3, -0.25) is 4.79 Å². The molecular formula is C26H29BrO. The van der Waals surface area contributed by atoms with Crippen LogP contribution in [-0.4, -0.2) is 5.78 Å². The van der Waals surface area contributed by atoms with E-state index in [2.05, 4.69) is 110 Å². The fourth-order valence-corrected chi connectivity index (χ4v) is 2.79. The molecular weight excluding hydrogens is 408 g/mol. The van der Waals surface area contributed by atoms with E-state index in [1.165, 1.54) is 35.3 Å². The third kappa shape index (κ3) is 8.96. The fourth-order valence-electron chi connectivity index (χ4n) is 2.32. The minimum Gasteiger partial charge on any atom is -0.295 e. The van der Waals surface area contributed by atoms with E-state index in [1.807, 2.05) is 12.1 Å². The van der Waals surface area contributed by atoms with Crippen molar-refractivity contribution in [2.24, 2.45) is 0 Å². The van der Waals surface area contributed by atoms with E-state index >= 15 is 0 Å². The van der Waals surface area contributed by atoms with E-state index in [9.17, 15) is 4.79 Å². The smallest absolute Gasteiger partial charge is 0.152 e. The van der Waals surface area contributed by atoms with Crippen LogP contribution in [0, 0.1) is 6.92 Å². The number of ketones is 1. The van der Waals surface area contributed by atoms with Crippen LogP contribution in [-0.2, 0) is 4.79 Å². The Morgan fingerprint density at radius 3 is 1.86 bits per heavy atom. The van der Waals surface area contributed by atoms with Gasteiger partial charge in [0.2, 0.25) is 0 Å². The summed E-state index contributed by atoms with van der Waals surface area (Å²) in [5.74, 6) is 0.677. The van der Waals surface area contributed by atoms with Gasteiger partial charge in [0.15, 0.2) is 5.78 Å². The Morgan fingerprint density at radius 1 is 0.929 bits per heavy atom. The SMILES string of the molecule is C=CC(C)=O.CC(C)c1ccccc1.Cc1ccc(Br)c(-c2ccccc2)c1. The number of rotatable bonds is 3. The molecule has 0 aromatic heterocycles. The van der Waals surface area contributed by atoms with Crippen LogP contribution >= 0.6 is 15.9 Å². The van der Waals surface area contributed by atoms with Gasteiger partial charge < -0.3 is 0 Å². The van der Waals surface area contributed by atoms with E-state index in [-0.39, 0.29) is 5.78 Å². The highest BCUT2D eigenvalue weighted by atomic mass is 79.9. The molecule has 0 saturated carbocycles. The molecule has 3 aromatic rings. The highest BCUT2D eigenvalue weighted by Gasteiger charge is 2.01. The fraction of sp³-hybridized carbons (Fsp3) is 0.192. The molecule has 0 radical (unpaired) electrons. The maximum absolute atomic E-state index is 9.69. The van der Waals surface area contributed by atoms with Gasteiger partial charge in [-0.1, -0.05) is 115 Å². The minimum atomic E-state index is 0.0185. The van der Waals surface area contributed by atoms with Crippen LogP contribution in [0.25, 0.3) is 11.1 Å². The van der Waals surface area contributed by atoms with Gasteiger partial charge in [-0.2, -0.15) is 0 Å². The number of hydrogen-bond acceptors (Lipinski definition) is 1. The van der Waals surface area contributed by atoms with Crippen LogP contribution in [0.2, 0.25) is 0 Å². The molecule has 0 unspecified atom stereocenters. The number of benzene rings is 3. The maximum Gasteiger partial charge on any atom is 0.152 e. The zero-order valence-corrected chi connectivity index (χ0v) is 18.7. The molecule has 0 aliphatic heterocycles. The number of allylic oxidation sites excluding steroid dienone is 1. The lowest BCUT2D eigenvalue weighted by Crippen LogP contribution is -1.83. The van der Waals surface area contributed by atoms with Crippen LogP contribution in [0.1, 0.15) is 37.8 Å². The van der Waals surface area contributed by atoms with Gasteiger partial charge >= 0.3 is 0 Å². The van der Waals surface area contributed by atoms with Gasteiger partial charge in [-0.05, 0) is 48.6 Å². The highest BCUT2D eigenvalue weighted by molar-refractivity contribution is 9.10. The lowest BCUT2D eigenvalue weighted by Gasteiger charge is -2.05. The summed E-state index contributed by atoms with van der Waals surface area (Å²) in [6.07, 6.45) is 1.28. The van der Waals surface area contributed by atoms with Gasteiger partial charge in [0.1, 0.15) is 0 Å². The summed E-state index contributed by atoms with van der Waals surface area (Å²) in [5.41, 5.74) is 5.21. The number of carbonyl (C=O) groups is 1. The molecule has 0 N–H and O–H groups in total. The molecule has 28 heavy (non-hydrogen) atoms. The summed E-state index contributed by atoms with van der Waals surface area (Å²) in [4.78, 5) is 9.69. The quantitative estimate of drug-likeness (QED) is 0.380. The van der Waals surface area contributed by atoms with Crippen LogP contribution in [0.15, 0.2) is 96.0 Å². The second kappa shape index (κ2) is 12.9. The third-order valence-electron chi connectivity index (χ3n) is 3.96. The summed E-state index contributed by atoms with van der Waals surface area (Å²) < 4.78 is 1.15. The molecule has 3 aromatic carbocycles. The first-order valence-corrected chi connectivity index (χ1v) is 10.1. The first-order chi connectivity index (χ1) is 13.3. The normalized spacial score (nSPS) is 9.50. The molecule has 0 aliphatic carbocycles. The van der Waals surface area contributed by atoms with Crippen molar-refractivity contribution in [2.75, 3.05) is 0 Å². The summed E-state index contributed by atoms with van der Waals surface area (Å²) in [6.45, 7) is 11.2. The summed E-state index contributed by atoms with van der Waals surface area (Å²) in [6, 6.07) is 27.3. The molecule has 0 aliphatic rings. The van der Waals surface area contributed by atoms with E-state index in [0.29, 0.717) is 5.92 Å². The minimum absolute atomic E-state index is 0.0185. The van der Waals surface area contributed by atoms with Gasteiger partial charge in [0, 0.05) is 4.47 Å². The first-order valence-electron chi connectivity index (χ1n) is 9.34. The summed E-state index contributed by atoms with van der Waals surface area (Å²) in [5, 5.41) is 0. The average Bonchev–Trinajstić information content (AvgIpc) is 2.72. The predicted molar refractivity (Wildman–Crippen MR) is 126 cm³/mol. The number of hydrogen-bond donors (Lipinski definition) is 0. The Morgan fingerprint density at radius 2 is 1.43 bits per heavy atom. The lowest BCUT2D eigenvalue weighted by molar-refractivity contribution is -0.112. The van der Waals surface area contributed by atoms with Crippen molar-refractivity contribution in [3.8, 4) is 11.1 Å². The van der Waals surface area contributed by atoms with Crippen molar-refractivity contribution in [3.05, 3.63) is 107 Å². The van der Waals surface area contributed by atoms with E-state index < -0.39 is 0 Å². The van der Waals surface area contributed by atoms with E-state index in [1.54, 1.807) is 0 Å². The Hall–Kier alpha value is -2.45. The third-order valence-corrected chi connectivity index (χ3v) is 4.65. The molecule has 1 nitrogen and oxygen atoms in total. The molecule has 0 atom stereocenters. The zero-order chi connectivity index (χ0) is 20.9. The lowest BCUT2D eigenvalue weighted by atomic mass is 10.0. The van der Waals surface area contributed by atoms with Crippen molar-refractivity contribution >= 4 is 21.7 Å². The van der Waals surface area contributed by atoms with Crippen molar-refractivity contribution in [2.45, 2.75) is 33.6 Å². The second-order valence-corrected chi connectivity index (χ2v) is 7.58. The van der Waals surface area contributed by atoms with Crippen LogP contribution in [0.3, 0.4) is 0 Å². The van der Waals surface area contributed by atoms with Gasteiger partial charge in [0.25, 0.3) is 0 Å². The highest BCUT2D eigenvalue weighted by Crippen LogP contribution is 2.28. The maximum atomic E-state index is 9.69. The molecule has 0 saturated heterocycles. The van der Waals surface area contributed by atoms with Crippen molar-refractivity contribution in [1.82, 2.24) is 0 Å². The number of halogens is 1. The van der Waals surface area contributed by atoms with Gasteiger partial charge in [-0.25, -0.2) is 0 Å². The monoisotopic (exact) mass is 436 g/mol. The van der Waals surface area contributed by atoms with E-state index in [4.69, 9.17) is 0 Å². The summed E-state index contributed by atoms with van der Waals surface area (Å²) >= 11 is 3.57. The van der Waals surface area contributed by atoms with Crippen molar-refractivity contribution < 1.29 is 4.79 Å². The van der Waals surface area contributed by atoms with Crippen LogP contribution in [0.4, 0.5) is 0 Å². The molecule has 2 heteroatoms. The predicted octanol–water partition coefficient (Wildman–Crippen LogP) is 8.00. The Bertz CT molecular complexity index is 852. The van der Waals surface area contributed by atoms with E-state index in [0.717, 1.165) is 4.47 Å². The Balaban J connectivity index is 0.000000241. The molecule has 0 heterocycles. The molecule has 3 rings (SSSR count). The molecule has 0 fully saturated rings. The topological polar surface area (TPSA) is 17.1 Å². The van der Waals surface area contributed by atoms with Crippen molar-refractivity contribution in [1.29, 1.82) is 0 Å². The molecule has 0 spiro atoms. The second-order valence-electron chi connectivity index (χ2n) is 6.73. The molecule has 0 amide bonds. The van der Waals surface area contributed by atoms with Gasteiger partial charge in [-0.15, -0.1) is 0 Å². The Kier molecular flexibility index (Phi) is 10.8. The average molecular weight is 437 g/mol.